The zero-order valence-electron chi connectivity index (χ0n) is 15.0. The molecule has 1 fully saturated rings. The summed E-state index contributed by atoms with van der Waals surface area (Å²) in [6, 6.07) is 7.98. The molecule has 0 aromatic heterocycles. The fourth-order valence-corrected chi connectivity index (χ4v) is 3.76. The standard InChI is InChI=1S/C19H30N2O2/c1-6-23-16-9-7-14(8-10-16)11-17(22)20-15-12-18(2,3)21-19(4,5)13-15/h7-10,15,21H,6,11-13H2,1-5H3,(H,20,22). The first-order chi connectivity index (χ1) is 10.7. The number of nitrogens with one attached hydrogen (secondary N) is 2. The minimum atomic E-state index is 0.0405. The van der Waals surface area contributed by atoms with Crippen molar-refractivity contribution in [2.24, 2.45) is 0 Å². The van der Waals surface area contributed by atoms with E-state index in [2.05, 4.69) is 38.3 Å². The molecule has 1 aromatic rings. The molecule has 0 spiro atoms. The molecule has 0 radical (unpaired) electrons. The second kappa shape index (κ2) is 6.91. The van der Waals surface area contributed by atoms with Gasteiger partial charge in [-0.15, -0.1) is 0 Å². The quantitative estimate of drug-likeness (QED) is 0.877. The largest absolute Gasteiger partial charge is 0.494 e. The minimum absolute atomic E-state index is 0.0405. The van der Waals surface area contributed by atoms with Gasteiger partial charge in [-0.2, -0.15) is 0 Å². The number of hydrogen-bond acceptors (Lipinski definition) is 3. The van der Waals surface area contributed by atoms with E-state index in [0.717, 1.165) is 24.2 Å². The Morgan fingerprint density at radius 3 is 2.26 bits per heavy atom. The third-order valence-electron chi connectivity index (χ3n) is 4.15. The van der Waals surface area contributed by atoms with Crippen molar-refractivity contribution in [2.45, 2.75) is 71.0 Å². The van der Waals surface area contributed by atoms with Crippen molar-refractivity contribution >= 4 is 5.91 Å². The molecule has 2 rings (SSSR count). The molecular weight excluding hydrogens is 288 g/mol. The highest BCUT2D eigenvalue weighted by Gasteiger charge is 2.38. The average molecular weight is 318 g/mol. The number of rotatable bonds is 5. The van der Waals surface area contributed by atoms with Crippen LogP contribution in [-0.4, -0.2) is 29.6 Å². The van der Waals surface area contributed by atoms with Crippen LogP contribution in [0.2, 0.25) is 0 Å². The van der Waals surface area contributed by atoms with E-state index in [1.165, 1.54) is 0 Å². The highest BCUT2D eigenvalue weighted by atomic mass is 16.5. The Labute approximate surface area is 140 Å². The molecule has 1 aliphatic heterocycles. The van der Waals surface area contributed by atoms with Crippen molar-refractivity contribution in [3.8, 4) is 5.75 Å². The Hall–Kier alpha value is -1.55. The number of benzene rings is 1. The predicted molar refractivity (Wildman–Crippen MR) is 93.8 cm³/mol. The van der Waals surface area contributed by atoms with Crippen LogP contribution in [0.5, 0.6) is 5.75 Å². The summed E-state index contributed by atoms with van der Waals surface area (Å²) < 4.78 is 5.43. The molecule has 0 aliphatic carbocycles. The molecule has 0 unspecified atom stereocenters. The van der Waals surface area contributed by atoms with Crippen LogP contribution in [0.4, 0.5) is 0 Å². The zero-order valence-corrected chi connectivity index (χ0v) is 15.0. The summed E-state index contributed by atoms with van der Waals surface area (Å²) in [5.74, 6) is 0.936. The van der Waals surface area contributed by atoms with Crippen molar-refractivity contribution in [3.63, 3.8) is 0 Å². The van der Waals surface area contributed by atoms with E-state index < -0.39 is 0 Å². The van der Waals surface area contributed by atoms with E-state index in [4.69, 9.17) is 4.74 Å². The van der Waals surface area contributed by atoms with Gasteiger partial charge >= 0.3 is 0 Å². The second-order valence-electron chi connectivity index (χ2n) is 7.82. The van der Waals surface area contributed by atoms with Crippen LogP contribution < -0.4 is 15.4 Å². The molecule has 4 nitrogen and oxygen atoms in total. The van der Waals surface area contributed by atoms with Crippen LogP contribution >= 0.6 is 0 Å². The van der Waals surface area contributed by atoms with Gasteiger partial charge in [-0.3, -0.25) is 4.79 Å². The fraction of sp³-hybridized carbons (Fsp3) is 0.632. The normalized spacial score (nSPS) is 20.0. The number of amides is 1. The lowest BCUT2D eigenvalue weighted by atomic mass is 9.79. The average Bonchev–Trinajstić information content (AvgIpc) is 2.37. The van der Waals surface area contributed by atoms with Crippen molar-refractivity contribution in [1.82, 2.24) is 10.6 Å². The predicted octanol–water partition coefficient (Wildman–Crippen LogP) is 3.05. The Bertz CT molecular complexity index is 519. The molecule has 0 saturated carbocycles. The summed E-state index contributed by atoms with van der Waals surface area (Å²) in [4.78, 5) is 12.4. The van der Waals surface area contributed by atoms with Crippen LogP contribution in [0.1, 0.15) is 53.0 Å². The summed E-state index contributed by atoms with van der Waals surface area (Å²) in [6.45, 7) is 11.4. The highest BCUT2D eigenvalue weighted by molar-refractivity contribution is 5.78. The molecule has 1 saturated heterocycles. The minimum Gasteiger partial charge on any atom is -0.494 e. The highest BCUT2D eigenvalue weighted by Crippen LogP contribution is 2.28. The maximum absolute atomic E-state index is 12.4. The molecule has 1 heterocycles. The summed E-state index contributed by atoms with van der Waals surface area (Å²) in [5.41, 5.74) is 1.09. The Kier molecular flexibility index (Phi) is 5.35. The van der Waals surface area contributed by atoms with Gasteiger partial charge < -0.3 is 15.4 Å². The molecule has 0 bridgehead atoms. The van der Waals surface area contributed by atoms with Crippen molar-refractivity contribution in [2.75, 3.05) is 6.61 Å². The zero-order chi connectivity index (χ0) is 17.1. The molecule has 0 atom stereocenters. The summed E-state index contributed by atoms with van der Waals surface area (Å²) in [7, 11) is 0. The Morgan fingerprint density at radius 1 is 1.17 bits per heavy atom. The van der Waals surface area contributed by atoms with Gasteiger partial charge in [0.1, 0.15) is 5.75 Å². The van der Waals surface area contributed by atoms with Gasteiger partial charge in [-0.1, -0.05) is 12.1 Å². The molecule has 128 valence electrons. The third kappa shape index (κ3) is 5.54. The van der Waals surface area contributed by atoms with E-state index in [0.29, 0.717) is 13.0 Å². The molecule has 4 heteroatoms. The topological polar surface area (TPSA) is 50.4 Å². The monoisotopic (exact) mass is 318 g/mol. The number of carbonyl (C=O) groups is 1. The summed E-state index contributed by atoms with van der Waals surface area (Å²) >= 11 is 0. The number of ether oxygens (including phenoxy) is 1. The first-order valence-corrected chi connectivity index (χ1v) is 8.49. The Morgan fingerprint density at radius 2 is 1.74 bits per heavy atom. The van der Waals surface area contributed by atoms with Gasteiger partial charge in [-0.05, 0) is 65.2 Å². The Balaban J connectivity index is 1.91. The van der Waals surface area contributed by atoms with Crippen molar-refractivity contribution < 1.29 is 9.53 Å². The van der Waals surface area contributed by atoms with E-state index >= 15 is 0 Å². The molecular formula is C19H30N2O2. The van der Waals surface area contributed by atoms with Gasteiger partial charge in [0, 0.05) is 17.1 Å². The van der Waals surface area contributed by atoms with E-state index in [1.807, 2.05) is 31.2 Å². The van der Waals surface area contributed by atoms with Gasteiger partial charge in [0.05, 0.1) is 13.0 Å². The van der Waals surface area contributed by atoms with Crippen LogP contribution in [0, 0.1) is 0 Å². The van der Waals surface area contributed by atoms with Gasteiger partial charge in [0.15, 0.2) is 0 Å². The van der Waals surface area contributed by atoms with Crippen LogP contribution in [0.15, 0.2) is 24.3 Å². The molecule has 23 heavy (non-hydrogen) atoms. The lowest BCUT2D eigenvalue weighted by Crippen LogP contribution is -2.62. The maximum Gasteiger partial charge on any atom is 0.224 e. The second-order valence-corrected chi connectivity index (χ2v) is 7.82. The molecule has 1 aromatic carbocycles. The molecule has 1 amide bonds. The number of carbonyl (C=O) groups excluding carboxylic acids is 1. The summed E-state index contributed by atoms with van der Waals surface area (Å²) in [5, 5.41) is 6.85. The number of piperidine rings is 1. The molecule has 2 N–H and O–H groups in total. The van der Waals surface area contributed by atoms with Gasteiger partial charge in [0.2, 0.25) is 5.91 Å². The SMILES string of the molecule is CCOc1ccc(CC(=O)NC2CC(C)(C)NC(C)(C)C2)cc1. The van der Waals surface area contributed by atoms with Crippen LogP contribution in [0.25, 0.3) is 0 Å². The first-order valence-electron chi connectivity index (χ1n) is 8.49. The van der Waals surface area contributed by atoms with E-state index in [1.54, 1.807) is 0 Å². The van der Waals surface area contributed by atoms with Crippen molar-refractivity contribution in [3.05, 3.63) is 29.8 Å². The first kappa shape index (κ1) is 17.8. The lowest BCUT2D eigenvalue weighted by molar-refractivity contribution is -0.121. The van der Waals surface area contributed by atoms with Crippen LogP contribution in [-0.2, 0) is 11.2 Å². The smallest absolute Gasteiger partial charge is 0.224 e. The van der Waals surface area contributed by atoms with E-state index in [9.17, 15) is 4.79 Å². The fourth-order valence-electron chi connectivity index (χ4n) is 3.76. The maximum atomic E-state index is 12.4. The van der Waals surface area contributed by atoms with E-state index in [-0.39, 0.29) is 23.0 Å². The lowest BCUT2D eigenvalue weighted by Gasteiger charge is -2.46. The van der Waals surface area contributed by atoms with Crippen LogP contribution in [0.3, 0.4) is 0 Å². The summed E-state index contributed by atoms with van der Waals surface area (Å²) in [6.07, 6.45) is 2.31. The van der Waals surface area contributed by atoms with Gasteiger partial charge in [0.25, 0.3) is 0 Å². The number of hydrogen-bond donors (Lipinski definition) is 2. The third-order valence-corrected chi connectivity index (χ3v) is 4.15. The van der Waals surface area contributed by atoms with Crippen molar-refractivity contribution in [1.29, 1.82) is 0 Å². The van der Waals surface area contributed by atoms with Gasteiger partial charge in [-0.25, -0.2) is 0 Å². The molecule has 1 aliphatic rings.